The Morgan fingerprint density at radius 3 is 3.00 bits per heavy atom. The summed E-state index contributed by atoms with van der Waals surface area (Å²) in [6.07, 6.45) is 3.23. The smallest absolute Gasteiger partial charge is 0.373 e. The number of nitrogens with one attached hydrogen (secondary N) is 1. The Bertz CT molecular complexity index is 351. The van der Waals surface area contributed by atoms with Crippen LogP contribution in [0.5, 0.6) is 0 Å². The molecule has 1 N–H and O–H groups in total. The van der Waals surface area contributed by atoms with Gasteiger partial charge in [0, 0.05) is 5.25 Å². The lowest BCUT2D eigenvalue weighted by atomic mass is 10.3. The van der Waals surface area contributed by atoms with Crippen molar-refractivity contribution in [3.05, 3.63) is 23.7 Å². The van der Waals surface area contributed by atoms with Crippen molar-refractivity contribution in [3.63, 3.8) is 0 Å². The van der Waals surface area contributed by atoms with Crippen molar-refractivity contribution < 1.29 is 13.9 Å². The van der Waals surface area contributed by atoms with Crippen molar-refractivity contribution in [2.45, 2.75) is 25.1 Å². The van der Waals surface area contributed by atoms with E-state index in [-0.39, 0.29) is 5.76 Å². The van der Waals surface area contributed by atoms with Crippen LogP contribution in [0.25, 0.3) is 0 Å². The van der Waals surface area contributed by atoms with E-state index in [0.717, 1.165) is 18.7 Å². The van der Waals surface area contributed by atoms with Crippen LogP contribution in [0.3, 0.4) is 0 Å². The zero-order valence-electron chi connectivity index (χ0n) is 10.5. The van der Waals surface area contributed by atoms with Gasteiger partial charge in [0.05, 0.1) is 13.7 Å². The van der Waals surface area contributed by atoms with E-state index in [4.69, 9.17) is 4.42 Å². The van der Waals surface area contributed by atoms with E-state index in [2.05, 4.69) is 23.2 Å². The number of carbonyl (C=O) groups is 1. The highest BCUT2D eigenvalue weighted by Gasteiger charge is 2.10. The van der Waals surface area contributed by atoms with E-state index in [9.17, 15) is 4.79 Å². The SMILES string of the molecule is COC(=O)c1ccc(CNCCC(C)SC)o1. The van der Waals surface area contributed by atoms with Crippen LogP contribution in [0, 0.1) is 0 Å². The third kappa shape index (κ3) is 4.83. The normalized spacial score (nSPS) is 12.4. The van der Waals surface area contributed by atoms with Gasteiger partial charge in [0.1, 0.15) is 5.76 Å². The van der Waals surface area contributed by atoms with Gasteiger partial charge in [-0.3, -0.25) is 0 Å². The summed E-state index contributed by atoms with van der Waals surface area (Å²) in [4.78, 5) is 11.1. The number of esters is 1. The molecule has 1 atom stereocenters. The van der Waals surface area contributed by atoms with Gasteiger partial charge in [0.25, 0.3) is 0 Å². The topological polar surface area (TPSA) is 51.5 Å². The molecule has 1 aromatic heterocycles. The molecule has 0 aliphatic carbocycles. The quantitative estimate of drug-likeness (QED) is 0.600. The Morgan fingerprint density at radius 2 is 2.35 bits per heavy atom. The minimum atomic E-state index is -0.438. The number of rotatable bonds is 7. The highest BCUT2D eigenvalue weighted by atomic mass is 32.2. The first-order chi connectivity index (χ1) is 8.17. The van der Waals surface area contributed by atoms with Crippen molar-refractivity contribution in [2.24, 2.45) is 0 Å². The zero-order valence-corrected chi connectivity index (χ0v) is 11.3. The van der Waals surface area contributed by atoms with E-state index in [1.54, 1.807) is 12.1 Å². The lowest BCUT2D eigenvalue weighted by Gasteiger charge is -2.07. The maximum atomic E-state index is 11.1. The molecule has 96 valence electrons. The highest BCUT2D eigenvalue weighted by molar-refractivity contribution is 7.99. The number of ether oxygens (including phenoxy) is 1. The lowest BCUT2D eigenvalue weighted by molar-refractivity contribution is 0.0563. The predicted molar refractivity (Wildman–Crippen MR) is 69.3 cm³/mol. The Labute approximate surface area is 106 Å². The second kappa shape index (κ2) is 7.40. The summed E-state index contributed by atoms with van der Waals surface area (Å²) in [5.41, 5.74) is 0. The van der Waals surface area contributed by atoms with Gasteiger partial charge in [0.15, 0.2) is 0 Å². The van der Waals surface area contributed by atoms with E-state index in [1.165, 1.54) is 7.11 Å². The largest absolute Gasteiger partial charge is 0.463 e. The monoisotopic (exact) mass is 257 g/mol. The molecule has 1 unspecified atom stereocenters. The summed E-state index contributed by atoms with van der Waals surface area (Å²) in [6.45, 7) is 3.78. The van der Waals surface area contributed by atoms with Gasteiger partial charge in [0.2, 0.25) is 5.76 Å². The number of hydrogen-bond acceptors (Lipinski definition) is 5. The van der Waals surface area contributed by atoms with E-state index >= 15 is 0 Å². The second-order valence-electron chi connectivity index (χ2n) is 3.77. The van der Waals surface area contributed by atoms with Gasteiger partial charge in [-0.15, -0.1) is 0 Å². The summed E-state index contributed by atoms with van der Waals surface area (Å²) in [6, 6.07) is 3.42. The van der Waals surface area contributed by atoms with Crippen molar-refractivity contribution in [1.29, 1.82) is 0 Å². The fraction of sp³-hybridized carbons (Fsp3) is 0.583. The standard InChI is InChI=1S/C12H19NO3S/c1-9(17-3)6-7-13-8-10-4-5-11(16-10)12(14)15-2/h4-5,9,13H,6-8H2,1-3H3. The molecule has 0 fully saturated rings. The number of carbonyl (C=O) groups excluding carboxylic acids is 1. The molecule has 0 amide bonds. The van der Waals surface area contributed by atoms with E-state index in [1.807, 2.05) is 11.8 Å². The Morgan fingerprint density at radius 1 is 1.59 bits per heavy atom. The van der Waals surface area contributed by atoms with Crippen LogP contribution in [0.1, 0.15) is 29.7 Å². The van der Waals surface area contributed by atoms with Crippen molar-refractivity contribution >= 4 is 17.7 Å². The molecule has 0 aromatic carbocycles. The van der Waals surface area contributed by atoms with Crippen molar-refractivity contribution in [2.75, 3.05) is 19.9 Å². The predicted octanol–water partition coefficient (Wildman–Crippen LogP) is 2.30. The maximum absolute atomic E-state index is 11.1. The number of hydrogen-bond donors (Lipinski definition) is 1. The van der Waals surface area contributed by atoms with Crippen molar-refractivity contribution in [3.8, 4) is 0 Å². The molecule has 4 nitrogen and oxygen atoms in total. The third-order valence-electron chi connectivity index (χ3n) is 2.48. The Hall–Kier alpha value is -0.940. The van der Waals surface area contributed by atoms with Crippen LogP contribution in [0.15, 0.2) is 16.5 Å². The Kier molecular flexibility index (Phi) is 6.15. The van der Waals surface area contributed by atoms with Gasteiger partial charge >= 0.3 is 5.97 Å². The molecule has 1 aromatic rings. The first kappa shape index (κ1) is 14.1. The molecule has 0 bridgehead atoms. The summed E-state index contributed by atoms with van der Waals surface area (Å²) in [7, 11) is 1.34. The lowest BCUT2D eigenvalue weighted by Crippen LogP contribution is -2.17. The van der Waals surface area contributed by atoms with Gasteiger partial charge in [-0.25, -0.2) is 4.79 Å². The maximum Gasteiger partial charge on any atom is 0.373 e. The average molecular weight is 257 g/mol. The summed E-state index contributed by atoms with van der Waals surface area (Å²) < 4.78 is 9.89. The molecule has 0 saturated heterocycles. The van der Waals surface area contributed by atoms with E-state index in [0.29, 0.717) is 11.8 Å². The highest BCUT2D eigenvalue weighted by Crippen LogP contribution is 2.10. The van der Waals surface area contributed by atoms with Crippen molar-refractivity contribution in [1.82, 2.24) is 5.32 Å². The molecule has 0 aliphatic rings. The van der Waals surface area contributed by atoms with Crippen LogP contribution in [-0.2, 0) is 11.3 Å². The van der Waals surface area contributed by atoms with E-state index < -0.39 is 5.97 Å². The number of methoxy groups -OCH3 is 1. The number of furan rings is 1. The molecule has 5 heteroatoms. The Balaban J connectivity index is 2.28. The molecule has 0 saturated carbocycles. The van der Waals surface area contributed by atoms with Gasteiger partial charge in [-0.1, -0.05) is 6.92 Å². The second-order valence-corrected chi connectivity index (χ2v) is 5.05. The first-order valence-electron chi connectivity index (χ1n) is 5.58. The number of thioether (sulfide) groups is 1. The zero-order chi connectivity index (χ0) is 12.7. The third-order valence-corrected chi connectivity index (χ3v) is 3.52. The van der Waals surface area contributed by atoms with Gasteiger partial charge in [-0.05, 0) is 31.4 Å². The average Bonchev–Trinajstić information content (AvgIpc) is 2.82. The van der Waals surface area contributed by atoms with Gasteiger partial charge in [-0.2, -0.15) is 11.8 Å². The molecule has 1 rings (SSSR count). The summed E-state index contributed by atoms with van der Waals surface area (Å²) in [5, 5.41) is 3.94. The van der Waals surface area contributed by atoms with Crippen LogP contribution < -0.4 is 5.32 Å². The van der Waals surface area contributed by atoms with Crippen LogP contribution >= 0.6 is 11.8 Å². The summed E-state index contributed by atoms with van der Waals surface area (Å²) in [5.74, 6) is 0.566. The van der Waals surface area contributed by atoms with Gasteiger partial charge < -0.3 is 14.5 Å². The minimum absolute atomic E-state index is 0.252. The molecule has 0 radical (unpaired) electrons. The molecular weight excluding hydrogens is 238 g/mol. The first-order valence-corrected chi connectivity index (χ1v) is 6.86. The fourth-order valence-corrected chi connectivity index (χ4v) is 1.67. The van der Waals surface area contributed by atoms with Crippen LogP contribution in [0.4, 0.5) is 0 Å². The minimum Gasteiger partial charge on any atom is -0.463 e. The molecule has 1 heterocycles. The molecular formula is C12H19NO3S. The summed E-state index contributed by atoms with van der Waals surface area (Å²) >= 11 is 1.86. The molecule has 0 spiro atoms. The molecule has 17 heavy (non-hydrogen) atoms. The molecule has 0 aliphatic heterocycles. The fourth-order valence-electron chi connectivity index (χ4n) is 1.32. The van der Waals surface area contributed by atoms with Crippen LogP contribution in [-0.4, -0.2) is 31.1 Å². The van der Waals surface area contributed by atoms with Crippen LogP contribution in [0.2, 0.25) is 0 Å².